The summed E-state index contributed by atoms with van der Waals surface area (Å²) in [6.45, 7) is 1.68. The zero-order valence-corrected chi connectivity index (χ0v) is 13.2. The van der Waals surface area contributed by atoms with Crippen LogP contribution in [0, 0.1) is 40.5 Å². The van der Waals surface area contributed by atoms with Gasteiger partial charge in [-0.3, -0.25) is 40.5 Å². The molecule has 0 amide bonds. The van der Waals surface area contributed by atoms with Crippen molar-refractivity contribution in [2.24, 2.45) is 0 Å². The first-order chi connectivity index (χ1) is 11.4. The molecule has 0 atom stereocenters. The van der Waals surface area contributed by atoms with Crippen molar-refractivity contribution < 1.29 is 24.2 Å². The van der Waals surface area contributed by atoms with Crippen molar-refractivity contribution in [3.63, 3.8) is 0 Å². The molecule has 0 aromatic carbocycles. The minimum atomic E-state index is -2.43. The van der Waals surface area contributed by atoms with Crippen LogP contribution in [0.4, 0.5) is 0 Å². The summed E-state index contributed by atoms with van der Waals surface area (Å²) in [6, 6.07) is 0. The van der Waals surface area contributed by atoms with Gasteiger partial charge in [-0.05, 0) is 0 Å². The summed E-state index contributed by atoms with van der Waals surface area (Å²) in [5, 5.41) is 46.7. The van der Waals surface area contributed by atoms with Crippen LogP contribution in [0.1, 0.15) is 38.4 Å². The molecule has 0 N–H and O–H groups in total. The van der Waals surface area contributed by atoms with Crippen molar-refractivity contribution >= 4 is 0 Å². The average Bonchev–Trinajstić information content (AvgIpc) is 2.97. The second kappa shape index (κ2) is 7.10. The number of rotatable bonds is 10. The van der Waals surface area contributed by atoms with Crippen LogP contribution < -0.4 is 0 Å². The first kappa shape index (κ1) is 19.8. The summed E-state index contributed by atoms with van der Waals surface area (Å²) in [7, 11) is 0. The second-order valence-corrected chi connectivity index (χ2v) is 5.57. The third-order valence-corrected chi connectivity index (χ3v) is 3.72. The Morgan fingerprint density at radius 3 is 1.64 bits per heavy atom. The van der Waals surface area contributed by atoms with Crippen LogP contribution in [0.5, 0.6) is 0 Å². The Balaban J connectivity index is 2.75. The lowest BCUT2D eigenvalue weighted by molar-refractivity contribution is -0.793. The first-order valence-electron chi connectivity index (χ1n) is 6.83. The molecule has 0 saturated heterocycles. The lowest BCUT2D eigenvalue weighted by Gasteiger charge is -2.11. The summed E-state index contributed by atoms with van der Waals surface area (Å²) in [6.07, 6.45) is -1.54. The molecule has 0 radical (unpaired) electrons. The maximum absolute atomic E-state index is 10.8. The fourth-order valence-corrected chi connectivity index (χ4v) is 1.68. The normalized spacial score (nSPS) is 11.9. The van der Waals surface area contributed by atoms with Crippen LogP contribution in [-0.4, -0.2) is 41.2 Å². The van der Waals surface area contributed by atoms with Gasteiger partial charge in [-0.15, -0.1) is 0 Å². The Bertz CT molecular complexity index is 616. The van der Waals surface area contributed by atoms with Crippen LogP contribution in [-0.2, 0) is 12.8 Å². The van der Waals surface area contributed by atoms with Crippen molar-refractivity contribution in [2.45, 2.75) is 50.9 Å². The zero-order chi connectivity index (χ0) is 19.4. The van der Waals surface area contributed by atoms with Crippen LogP contribution in [0.25, 0.3) is 0 Å². The number of nitrogens with zero attached hydrogens (tertiary/aromatic N) is 6. The molecule has 0 unspecified atom stereocenters. The minimum Gasteiger partial charge on any atom is -0.339 e. The Kier molecular flexibility index (Phi) is 5.62. The topological polar surface area (TPSA) is 211 Å². The van der Waals surface area contributed by atoms with Crippen LogP contribution >= 0.6 is 0 Å². The van der Waals surface area contributed by atoms with Crippen molar-refractivity contribution in [1.82, 2.24) is 10.1 Å². The fourth-order valence-electron chi connectivity index (χ4n) is 1.68. The Morgan fingerprint density at radius 1 is 0.840 bits per heavy atom. The summed E-state index contributed by atoms with van der Waals surface area (Å²) in [5.41, 5.74) is -4.85. The second-order valence-electron chi connectivity index (χ2n) is 5.57. The van der Waals surface area contributed by atoms with E-state index < -0.39 is 43.9 Å². The van der Waals surface area contributed by atoms with Crippen molar-refractivity contribution in [3.05, 3.63) is 52.2 Å². The Hall–Kier alpha value is -3.26. The number of aryl methyl sites for hydroxylation is 2. The summed E-state index contributed by atoms with van der Waals surface area (Å²) in [5.74, 6) is -0.220. The molecule has 1 aromatic heterocycles. The van der Waals surface area contributed by atoms with Gasteiger partial charge < -0.3 is 4.52 Å². The number of hydrogen-bond acceptors (Lipinski definition) is 11. The predicted molar refractivity (Wildman–Crippen MR) is 75.7 cm³/mol. The van der Waals surface area contributed by atoms with Gasteiger partial charge in [-0.25, -0.2) is 0 Å². The van der Waals surface area contributed by atoms with E-state index in [9.17, 15) is 40.5 Å². The number of nitro groups is 4. The van der Waals surface area contributed by atoms with Gasteiger partial charge in [0.1, 0.15) is 0 Å². The predicted octanol–water partition coefficient (Wildman–Crippen LogP) is 0.474. The standard InChI is InChI=1S/C10H14N6O9/c1-9(13(17)18,14(19)20)5-3-7-11-8(25-12-7)4-6-10(2,15(21)22)16(23)24/h3-6H2,1-2H3. The maximum atomic E-state index is 10.8. The summed E-state index contributed by atoms with van der Waals surface area (Å²) in [4.78, 5) is 42.8. The van der Waals surface area contributed by atoms with Crippen molar-refractivity contribution in [2.75, 3.05) is 0 Å². The smallest absolute Gasteiger partial charge is 0.339 e. The van der Waals surface area contributed by atoms with E-state index in [4.69, 9.17) is 4.52 Å². The molecule has 0 bridgehead atoms. The van der Waals surface area contributed by atoms with Gasteiger partial charge in [0, 0.05) is 12.8 Å². The quantitative estimate of drug-likeness (QED) is 0.317. The molecule has 0 spiro atoms. The van der Waals surface area contributed by atoms with Gasteiger partial charge in [0.15, 0.2) is 5.82 Å². The highest BCUT2D eigenvalue weighted by Crippen LogP contribution is 2.20. The SMILES string of the molecule is CC(CCc1noc(CCC(C)([N+](=O)[O-])[N+](=O)[O-])n1)([N+](=O)[O-])[N+](=O)[O-]. The van der Waals surface area contributed by atoms with E-state index in [1.807, 2.05) is 0 Å². The molecule has 15 nitrogen and oxygen atoms in total. The molecule has 138 valence electrons. The van der Waals surface area contributed by atoms with Gasteiger partial charge in [0.2, 0.25) is 5.89 Å². The number of hydrogen-bond donors (Lipinski definition) is 0. The molecule has 0 saturated carbocycles. The molecule has 15 heteroatoms. The molecular weight excluding hydrogens is 348 g/mol. The Labute approximate surface area is 138 Å². The average molecular weight is 362 g/mol. The molecule has 1 aromatic rings. The molecular formula is C10H14N6O9. The third kappa shape index (κ3) is 4.18. The van der Waals surface area contributed by atoms with E-state index in [2.05, 4.69) is 10.1 Å². The molecule has 0 aliphatic rings. The summed E-state index contributed by atoms with van der Waals surface area (Å²) >= 11 is 0. The highest BCUT2D eigenvalue weighted by molar-refractivity contribution is 4.88. The molecule has 1 rings (SSSR count). The molecule has 0 fully saturated rings. The van der Waals surface area contributed by atoms with Crippen LogP contribution in [0.2, 0.25) is 0 Å². The minimum absolute atomic E-state index is 0.0752. The van der Waals surface area contributed by atoms with Gasteiger partial charge in [0.05, 0.1) is 46.4 Å². The molecule has 0 aliphatic heterocycles. The van der Waals surface area contributed by atoms with Crippen LogP contribution in [0.15, 0.2) is 4.52 Å². The highest BCUT2D eigenvalue weighted by Gasteiger charge is 2.51. The maximum Gasteiger partial charge on any atom is 0.456 e. The summed E-state index contributed by atoms with van der Waals surface area (Å²) < 4.78 is 4.76. The van der Waals surface area contributed by atoms with E-state index in [0.717, 1.165) is 13.8 Å². The van der Waals surface area contributed by atoms with Gasteiger partial charge in [-0.1, -0.05) is 5.16 Å². The monoisotopic (exact) mass is 362 g/mol. The van der Waals surface area contributed by atoms with Crippen LogP contribution in [0.3, 0.4) is 0 Å². The first-order valence-corrected chi connectivity index (χ1v) is 6.83. The fraction of sp³-hybridized carbons (Fsp3) is 0.800. The van der Waals surface area contributed by atoms with E-state index in [0.29, 0.717) is 0 Å². The highest BCUT2D eigenvalue weighted by atomic mass is 16.7. The van der Waals surface area contributed by atoms with Gasteiger partial charge in [-0.2, -0.15) is 4.98 Å². The largest absolute Gasteiger partial charge is 0.456 e. The van der Waals surface area contributed by atoms with E-state index >= 15 is 0 Å². The van der Waals surface area contributed by atoms with Crippen molar-refractivity contribution in [1.29, 1.82) is 0 Å². The van der Waals surface area contributed by atoms with Crippen molar-refractivity contribution in [3.8, 4) is 0 Å². The Morgan fingerprint density at radius 2 is 1.24 bits per heavy atom. The molecule has 25 heavy (non-hydrogen) atoms. The number of aromatic nitrogens is 2. The third-order valence-electron chi connectivity index (χ3n) is 3.72. The molecule has 1 heterocycles. The van der Waals surface area contributed by atoms with E-state index in [1.54, 1.807) is 0 Å². The zero-order valence-electron chi connectivity index (χ0n) is 13.2. The van der Waals surface area contributed by atoms with E-state index in [-0.39, 0.29) is 24.6 Å². The molecule has 0 aliphatic carbocycles. The van der Waals surface area contributed by atoms with Gasteiger partial charge in [0.25, 0.3) is 0 Å². The van der Waals surface area contributed by atoms with Gasteiger partial charge >= 0.3 is 11.3 Å². The lowest BCUT2D eigenvalue weighted by atomic mass is 10.1. The van der Waals surface area contributed by atoms with E-state index in [1.165, 1.54) is 0 Å². The lowest BCUT2D eigenvalue weighted by Crippen LogP contribution is -2.43.